The van der Waals surface area contributed by atoms with Crippen LogP contribution >= 0.6 is 0 Å². The quantitative estimate of drug-likeness (QED) is 0.769. The monoisotopic (exact) mass is 261 g/mol. The molecule has 0 aliphatic heterocycles. The highest BCUT2D eigenvalue weighted by atomic mass is 32.2. The number of hydrogen-bond donors (Lipinski definition) is 2. The predicted octanol–water partition coefficient (Wildman–Crippen LogP) is 0.261. The number of imidazole rings is 1. The molecular formula is C10H19N3O3S. The second kappa shape index (κ2) is 5.61. The van der Waals surface area contributed by atoms with Gasteiger partial charge in [0, 0.05) is 18.8 Å². The number of aliphatic hydroxyl groups is 1. The Kier molecular flexibility index (Phi) is 4.67. The first-order valence-electron chi connectivity index (χ1n) is 5.61. The maximum atomic E-state index is 11.9. The molecule has 0 spiro atoms. The van der Waals surface area contributed by atoms with E-state index >= 15 is 0 Å². The molecule has 1 heterocycles. The summed E-state index contributed by atoms with van der Waals surface area (Å²) in [5.74, 6) is 0.657. The van der Waals surface area contributed by atoms with Crippen LogP contribution in [0.5, 0.6) is 0 Å². The molecule has 1 aromatic rings. The number of aliphatic hydroxyl groups excluding tert-OH is 1. The summed E-state index contributed by atoms with van der Waals surface area (Å²) in [6.45, 7) is 5.93. The third-order valence-electron chi connectivity index (χ3n) is 2.60. The molecule has 0 aliphatic rings. The van der Waals surface area contributed by atoms with Gasteiger partial charge in [0.15, 0.2) is 5.03 Å². The fourth-order valence-corrected chi connectivity index (χ4v) is 2.78. The normalized spacial score (nSPS) is 13.9. The number of sulfonamides is 1. The van der Waals surface area contributed by atoms with Crippen molar-refractivity contribution in [3.05, 3.63) is 12.0 Å². The molecule has 0 fully saturated rings. The van der Waals surface area contributed by atoms with Crippen LogP contribution in [0.25, 0.3) is 0 Å². The minimum atomic E-state index is -3.64. The lowest BCUT2D eigenvalue weighted by atomic mass is 10.3. The van der Waals surface area contributed by atoms with E-state index in [1.165, 1.54) is 6.20 Å². The average Bonchev–Trinajstić information content (AvgIpc) is 2.68. The van der Waals surface area contributed by atoms with Crippen LogP contribution in [0.4, 0.5) is 0 Å². The van der Waals surface area contributed by atoms with Gasteiger partial charge in [0.05, 0.1) is 6.61 Å². The Morgan fingerprint density at radius 2 is 2.18 bits per heavy atom. The highest BCUT2D eigenvalue weighted by Gasteiger charge is 2.21. The molecule has 17 heavy (non-hydrogen) atoms. The SMILES string of the molecule is CC[C@H](CO)NS(=O)(=O)c1cn(CC)c(C)n1. The van der Waals surface area contributed by atoms with Crippen LogP contribution in [0, 0.1) is 6.92 Å². The fourth-order valence-electron chi connectivity index (χ4n) is 1.46. The third kappa shape index (κ3) is 3.27. The number of nitrogens with one attached hydrogen (secondary N) is 1. The van der Waals surface area contributed by atoms with E-state index in [0.717, 1.165) is 0 Å². The van der Waals surface area contributed by atoms with E-state index in [4.69, 9.17) is 5.11 Å². The topological polar surface area (TPSA) is 84.2 Å². The van der Waals surface area contributed by atoms with Gasteiger partial charge in [-0.1, -0.05) is 6.92 Å². The van der Waals surface area contributed by atoms with Gasteiger partial charge in [0.25, 0.3) is 10.0 Å². The van der Waals surface area contributed by atoms with E-state index in [9.17, 15) is 8.42 Å². The van der Waals surface area contributed by atoms with Crippen molar-refractivity contribution >= 4 is 10.0 Å². The van der Waals surface area contributed by atoms with Crippen molar-refractivity contribution in [2.75, 3.05) is 6.61 Å². The van der Waals surface area contributed by atoms with Gasteiger partial charge in [-0.2, -0.15) is 0 Å². The van der Waals surface area contributed by atoms with Gasteiger partial charge in [-0.3, -0.25) is 0 Å². The molecule has 0 saturated carbocycles. The van der Waals surface area contributed by atoms with Gasteiger partial charge in [0.1, 0.15) is 5.82 Å². The Labute approximate surface area is 102 Å². The first-order valence-corrected chi connectivity index (χ1v) is 7.09. The highest BCUT2D eigenvalue weighted by molar-refractivity contribution is 7.89. The van der Waals surface area contributed by atoms with Crippen LogP contribution in [-0.2, 0) is 16.6 Å². The average molecular weight is 261 g/mol. The van der Waals surface area contributed by atoms with E-state index in [-0.39, 0.29) is 11.6 Å². The summed E-state index contributed by atoms with van der Waals surface area (Å²) in [6, 6.07) is -0.466. The maximum Gasteiger partial charge on any atom is 0.259 e. The standard InChI is InChI=1S/C10H19N3O3S/c1-4-9(7-14)12-17(15,16)10-6-13(5-2)8(3)11-10/h6,9,12,14H,4-5,7H2,1-3H3/t9-/m1/s1. The van der Waals surface area contributed by atoms with Gasteiger partial charge >= 0.3 is 0 Å². The Hall–Kier alpha value is -0.920. The molecule has 0 aliphatic carbocycles. The van der Waals surface area contributed by atoms with Crippen molar-refractivity contribution in [2.24, 2.45) is 0 Å². The summed E-state index contributed by atoms with van der Waals surface area (Å²) >= 11 is 0. The summed E-state index contributed by atoms with van der Waals surface area (Å²) in [7, 11) is -3.64. The van der Waals surface area contributed by atoms with Gasteiger partial charge in [-0.05, 0) is 20.3 Å². The molecule has 1 aromatic heterocycles. The molecule has 0 radical (unpaired) electrons. The summed E-state index contributed by atoms with van der Waals surface area (Å²) < 4.78 is 28.1. The molecule has 2 N–H and O–H groups in total. The summed E-state index contributed by atoms with van der Waals surface area (Å²) in [5, 5.41) is 8.99. The minimum Gasteiger partial charge on any atom is -0.395 e. The van der Waals surface area contributed by atoms with Crippen molar-refractivity contribution in [2.45, 2.75) is 44.8 Å². The van der Waals surface area contributed by atoms with Crippen molar-refractivity contribution in [3.8, 4) is 0 Å². The zero-order valence-corrected chi connectivity index (χ0v) is 11.2. The molecule has 0 saturated heterocycles. The molecule has 1 atom stereocenters. The largest absolute Gasteiger partial charge is 0.395 e. The number of aromatic nitrogens is 2. The number of nitrogens with zero attached hydrogens (tertiary/aromatic N) is 2. The summed E-state index contributed by atoms with van der Waals surface area (Å²) in [4.78, 5) is 4.01. The van der Waals surface area contributed by atoms with E-state index in [1.54, 1.807) is 18.4 Å². The molecule has 0 aromatic carbocycles. The van der Waals surface area contributed by atoms with Crippen LogP contribution < -0.4 is 4.72 Å². The maximum absolute atomic E-state index is 11.9. The third-order valence-corrected chi connectivity index (χ3v) is 4.00. The van der Waals surface area contributed by atoms with Crippen molar-refractivity contribution in [1.82, 2.24) is 14.3 Å². The molecule has 0 amide bonds. The molecule has 98 valence electrons. The fraction of sp³-hybridized carbons (Fsp3) is 0.700. The predicted molar refractivity (Wildman–Crippen MR) is 64.1 cm³/mol. The zero-order valence-electron chi connectivity index (χ0n) is 10.3. The molecule has 0 bridgehead atoms. The van der Waals surface area contributed by atoms with Gasteiger partial charge < -0.3 is 9.67 Å². The number of rotatable bonds is 6. The molecule has 6 nitrogen and oxygen atoms in total. The van der Waals surface area contributed by atoms with Gasteiger partial charge in [0.2, 0.25) is 0 Å². The second-order valence-electron chi connectivity index (χ2n) is 3.82. The van der Waals surface area contributed by atoms with E-state index in [0.29, 0.717) is 18.8 Å². The first-order chi connectivity index (χ1) is 7.94. The number of hydrogen-bond acceptors (Lipinski definition) is 4. The van der Waals surface area contributed by atoms with E-state index < -0.39 is 16.1 Å². The molecule has 0 unspecified atom stereocenters. The van der Waals surface area contributed by atoms with Crippen LogP contribution in [-0.4, -0.2) is 35.7 Å². The van der Waals surface area contributed by atoms with Crippen LogP contribution in [0.1, 0.15) is 26.1 Å². The Morgan fingerprint density at radius 1 is 1.53 bits per heavy atom. The molecule has 7 heteroatoms. The highest BCUT2D eigenvalue weighted by Crippen LogP contribution is 2.10. The van der Waals surface area contributed by atoms with Crippen LogP contribution in [0.2, 0.25) is 0 Å². The zero-order chi connectivity index (χ0) is 13.1. The van der Waals surface area contributed by atoms with Gasteiger partial charge in [-0.15, -0.1) is 0 Å². The lowest BCUT2D eigenvalue weighted by Gasteiger charge is -2.12. The van der Waals surface area contributed by atoms with Gasteiger partial charge in [-0.25, -0.2) is 18.1 Å². The van der Waals surface area contributed by atoms with Crippen LogP contribution in [0.3, 0.4) is 0 Å². The van der Waals surface area contributed by atoms with Crippen molar-refractivity contribution in [3.63, 3.8) is 0 Å². The Balaban J connectivity index is 2.96. The van der Waals surface area contributed by atoms with Crippen molar-refractivity contribution < 1.29 is 13.5 Å². The second-order valence-corrected chi connectivity index (χ2v) is 5.48. The molecular weight excluding hydrogens is 242 g/mol. The lowest BCUT2D eigenvalue weighted by Crippen LogP contribution is -2.37. The Bertz CT molecular complexity index is 463. The van der Waals surface area contributed by atoms with Crippen molar-refractivity contribution in [1.29, 1.82) is 0 Å². The van der Waals surface area contributed by atoms with Crippen LogP contribution in [0.15, 0.2) is 11.2 Å². The Morgan fingerprint density at radius 3 is 2.59 bits per heavy atom. The number of aryl methyl sites for hydroxylation is 2. The summed E-state index contributed by atoms with van der Waals surface area (Å²) in [6.07, 6.45) is 2.03. The lowest BCUT2D eigenvalue weighted by molar-refractivity contribution is 0.253. The smallest absolute Gasteiger partial charge is 0.259 e. The first kappa shape index (κ1) is 14.1. The minimum absolute atomic E-state index is 0.00347. The van der Waals surface area contributed by atoms with E-state index in [1.807, 2.05) is 6.92 Å². The summed E-state index contributed by atoms with van der Waals surface area (Å²) in [5.41, 5.74) is 0. The molecule has 1 rings (SSSR count). The van der Waals surface area contributed by atoms with E-state index in [2.05, 4.69) is 9.71 Å².